The van der Waals surface area contributed by atoms with Gasteiger partial charge in [0.15, 0.2) is 0 Å². The van der Waals surface area contributed by atoms with Gasteiger partial charge in [0.2, 0.25) is 5.82 Å². The van der Waals surface area contributed by atoms with Crippen molar-refractivity contribution in [1.29, 1.82) is 0 Å². The van der Waals surface area contributed by atoms with Crippen molar-refractivity contribution in [3.63, 3.8) is 0 Å². The monoisotopic (exact) mass is 222 g/mol. The zero-order chi connectivity index (χ0) is 11.5. The summed E-state index contributed by atoms with van der Waals surface area (Å²) in [4.78, 5) is 18.2. The van der Waals surface area contributed by atoms with Crippen LogP contribution in [0.1, 0.15) is 33.1 Å². The number of hydrogen-bond donors (Lipinski definition) is 2. The minimum absolute atomic E-state index is 0.174. The molecule has 5 heteroatoms. The number of aromatic nitrogens is 2. The molecule has 0 amide bonds. The van der Waals surface area contributed by atoms with Crippen molar-refractivity contribution in [2.24, 2.45) is 0 Å². The summed E-state index contributed by atoms with van der Waals surface area (Å²) in [7, 11) is 0. The quantitative estimate of drug-likeness (QED) is 0.793. The first-order chi connectivity index (χ1) is 7.68. The highest BCUT2D eigenvalue weighted by molar-refractivity contribution is 5.29. The predicted octanol–water partition coefficient (Wildman–Crippen LogP) is 1.36. The van der Waals surface area contributed by atoms with Gasteiger partial charge in [-0.05, 0) is 26.7 Å². The van der Waals surface area contributed by atoms with E-state index in [1.807, 2.05) is 0 Å². The Balaban J connectivity index is 2.14. The Kier molecular flexibility index (Phi) is 3.24. The fourth-order valence-electron chi connectivity index (χ4n) is 2.20. The smallest absolute Gasteiger partial charge is 0.292 e. The fraction of sp³-hybridized carbons (Fsp3) is 0.636. The highest BCUT2D eigenvalue weighted by Crippen LogP contribution is 2.21. The van der Waals surface area contributed by atoms with Crippen LogP contribution in [-0.2, 0) is 0 Å². The van der Waals surface area contributed by atoms with Crippen molar-refractivity contribution in [3.8, 4) is 0 Å². The third-order valence-corrected chi connectivity index (χ3v) is 3.14. The molecule has 1 saturated heterocycles. The van der Waals surface area contributed by atoms with Crippen molar-refractivity contribution in [1.82, 2.24) is 15.0 Å². The molecule has 16 heavy (non-hydrogen) atoms. The molecule has 0 aliphatic carbocycles. The first-order valence-electron chi connectivity index (χ1n) is 5.77. The van der Waals surface area contributed by atoms with E-state index < -0.39 is 0 Å². The van der Waals surface area contributed by atoms with Crippen molar-refractivity contribution >= 4 is 5.82 Å². The summed E-state index contributed by atoms with van der Waals surface area (Å²) in [6.07, 6.45) is 6.68. The Morgan fingerprint density at radius 1 is 1.44 bits per heavy atom. The lowest BCUT2D eigenvalue weighted by Crippen LogP contribution is -2.48. The van der Waals surface area contributed by atoms with E-state index in [0.717, 1.165) is 12.8 Å². The summed E-state index contributed by atoms with van der Waals surface area (Å²) in [6, 6.07) is 0.871. The summed E-state index contributed by atoms with van der Waals surface area (Å²) in [5.41, 5.74) is 2.95. The number of H-pyrrole nitrogens is 1. The Bertz CT molecular complexity index is 393. The zero-order valence-corrected chi connectivity index (χ0v) is 9.73. The number of hydrazine groups is 1. The van der Waals surface area contributed by atoms with Gasteiger partial charge in [-0.15, -0.1) is 0 Å². The van der Waals surface area contributed by atoms with E-state index >= 15 is 0 Å². The van der Waals surface area contributed by atoms with Crippen molar-refractivity contribution in [2.45, 2.75) is 45.2 Å². The van der Waals surface area contributed by atoms with Crippen molar-refractivity contribution in [3.05, 3.63) is 22.7 Å². The number of rotatable bonds is 2. The predicted molar refractivity (Wildman–Crippen MR) is 63.1 cm³/mol. The Labute approximate surface area is 94.9 Å². The summed E-state index contributed by atoms with van der Waals surface area (Å²) >= 11 is 0. The highest BCUT2D eigenvalue weighted by Gasteiger charge is 2.25. The molecule has 0 bridgehead atoms. The van der Waals surface area contributed by atoms with Crippen LogP contribution >= 0.6 is 0 Å². The van der Waals surface area contributed by atoms with E-state index in [1.54, 1.807) is 6.20 Å². The van der Waals surface area contributed by atoms with Crippen LogP contribution in [-0.4, -0.2) is 27.1 Å². The Morgan fingerprint density at radius 3 is 2.75 bits per heavy atom. The molecule has 1 aliphatic heterocycles. The lowest BCUT2D eigenvalue weighted by Gasteiger charge is -2.38. The highest BCUT2D eigenvalue weighted by atomic mass is 16.1. The van der Waals surface area contributed by atoms with Gasteiger partial charge in [0.1, 0.15) is 0 Å². The van der Waals surface area contributed by atoms with Gasteiger partial charge in [0, 0.05) is 24.5 Å². The number of aromatic amines is 1. The van der Waals surface area contributed by atoms with Crippen LogP contribution in [0.4, 0.5) is 5.82 Å². The van der Waals surface area contributed by atoms with Gasteiger partial charge in [-0.3, -0.25) is 10.2 Å². The Morgan fingerprint density at radius 2 is 2.12 bits per heavy atom. The summed E-state index contributed by atoms with van der Waals surface area (Å²) < 4.78 is 0. The molecule has 5 nitrogen and oxygen atoms in total. The molecule has 2 atom stereocenters. The minimum atomic E-state index is -0.174. The maximum absolute atomic E-state index is 11.5. The van der Waals surface area contributed by atoms with E-state index in [1.165, 1.54) is 12.6 Å². The standard InChI is InChI=1S/C11H18N4O/c1-8-4-3-5-9(2)15(8)14-10-11(16)13-7-6-12-10/h6-9H,3-5H2,1-2H3,(H,12,14)(H,13,16). The van der Waals surface area contributed by atoms with E-state index in [-0.39, 0.29) is 5.56 Å². The number of nitrogens with one attached hydrogen (secondary N) is 2. The van der Waals surface area contributed by atoms with Crippen LogP contribution in [0.25, 0.3) is 0 Å². The van der Waals surface area contributed by atoms with Crippen LogP contribution in [0, 0.1) is 0 Å². The molecule has 1 fully saturated rings. The molecular formula is C11H18N4O. The third kappa shape index (κ3) is 2.24. The van der Waals surface area contributed by atoms with Crippen molar-refractivity contribution in [2.75, 3.05) is 5.43 Å². The van der Waals surface area contributed by atoms with Crippen LogP contribution in [0.2, 0.25) is 0 Å². The second kappa shape index (κ2) is 4.65. The lowest BCUT2D eigenvalue weighted by molar-refractivity contribution is 0.135. The lowest BCUT2D eigenvalue weighted by atomic mass is 10.00. The van der Waals surface area contributed by atoms with Gasteiger partial charge in [-0.25, -0.2) is 9.99 Å². The zero-order valence-electron chi connectivity index (χ0n) is 9.73. The van der Waals surface area contributed by atoms with Gasteiger partial charge in [0.05, 0.1) is 0 Å². The van der Waals surface area contributed by atoms with Crippen LogP contribution in [0.15, 0.2) is 17.2 Å². The second-order valence-electron chi connectivity index (χ2n) is 4.41. The molecular weight excluding hydrogens is 204 g/mol. The molecule has 0 spiro atoms. The SMILES string of the molecule is CC1CCCC(C)N1Nc1ncc[nH]c1=O. The van der Waals surface area contributed by atoms with Gasteiger partial charge < -0.3 is 4.98 Å². The molecule has 1 aromatic heterocycles. The van der Waals surface area contributed by atoms with Gasteiger partial charge in [-0.1, -0.05) is 6.42 Å². The average Bonchev–Trinajstić information content (AvgIpc) is 2.26. The summed E-state index contributed by atoms with van der Waals surface area (Å²) in [5, 5.41) is 2.13. The number of anilines is 1. The summed E-state index contributed by atoms with van der Waals surface area (Å²) in [6.45, 7) is 4.33. The van der Waals surface area contributed by atoms with Crippen LogP contribution in [0.5, 0.6) is 0 Å². The van der Waals surface area contributed by atoms with Gasteiger partial charge in [-0.2, -0.15) is 0 Å². The largest absolute Gasteiger partial charge is 0.324 e. The molecule has 88 valence electrons. The molecule has 2 rings (SSSR count). The molecule has 0 saturated carbocycles. The minimum Gasteiger partial charge on any atom is -0.324 e. The number of nitrogens with zero attached hydrogens (tertiary/aromatic N) is 2. The molecule has 0 radical (unpaired) electrons. The number of piperidine rings is 1. The maximum atomic E-state index is 11.5. The molecule has 2 unspecified atom stereocenters. The second-order valence-corrected chi connectivity index (χ2v) is 4.41. The first-order valence-corrected chi connectivity index (χ1v) is 5.77. The number of hydrogen-bond acceptors (Lipinski definition) is 4. The van der Waals surface area contributed by atoms with Crippen LogP contribution in [0.3, 0.4) is 0 Å². The maximum Gasteiger partial charge on any atom is 0.292 e. The first kappa shape index (κ1) is 11.1. The van der Waals surface area contributed by atoms with E-state index in [0.29, 0.717) is 17.9 Å². The molecule has 2 heterocycles. The fourth-order valence-corrected chi connectivity index (χ4v) is 2.20. The van der Waals surface area contributed by atoms with E-state index in [9.17, 15) is 4.79 Å². The van der Waals surface area contributed by atoms with Gasteiger partial charge in [0.25, 0.3) is 5.56 Å². The molecule has 1 aromatic rings. The third-order valence-electron chi connectivity index (χ3n) is 3.14. The van der Waals surface area contributed by atoms with E-state index in [4.69, 9.17) is 0 Å². The van der Waals surface area contributed by atoms with Crippen molar-refractivity contribution < 1.29 is 0 Å². The normalized spacial score (nSPS) is 26.6. The summed E-state index contributed by atoms with van der Waals surface area (Å²) in [5.74, 6) is 0.378. The molecule has 2 N–H and O–H groups in total. The molecule has 0 aromatic carbocycles. The topological polar surface area (TPSA) is 61.0 Å². The Hall–Kier alpha value is -1.36. The van der Waals surface area contributed by atoms with E-state index in [2.05, 4.69) is 34.3 Å². The average molecular weight is 222 g/mol. The van der Waals surface area contributed by atoms with Crippen LogP contribution < -0.4 is 11.0 Å². The molecule has 1 aliphatic rings. The van der Waals surface area contributed by atoms with Gasteiger partial charge >= 0.3 is 0 Å².